The number of carbonyl (C=O) groups excluding carboxylic acids is 9. The number of ether oxygens (including phenoxy) is 5. The highest BCUT2D eigenvalue weighted by atomic mass is 32.2. The van der Waals surface area contributed by atoms with Gasteiger partial charge in [0.05, 0.1) is 86.3 Å². The molecular weight excluding hydrogens is 1380 g/mol. The summed E-state index contributed by atoms with van der Waals surface area (Å²) >= 11 is 1.46. The number of likely N-dealkylation sites (tertiary alicyclic amines) is 1. The zero-order valence-electron chi connectivity index (χ0n) is 64.4. The molecule has 6 amide bonds. The molecular formula is C78H116N12O15S. The molecule has 6 N–H and O–H groups in total. The molecule has 0 bridgehead atoms. The van der Waals surface area contributed by atoms with Crippen LogP contribution in [0.2, 0.25) is 0 Å². The average molecular weight is 1490 g/mol. The first-order valence-corrected chi connectivity index (χ1v) is 38.3. The van der Waals surface area contributed by atoms with Crippen molar-refractivity contribution in [3.63, 3.8) is 0 Å². The topological polar surface area (TPSA) is 348 Å². The van der Waals surface area contributed by atoms with Crippen molar-refractivity contribution in [3.8, 4) is 11.8 Å². The van der Waals surface area contributed by atoms with Crippen LogP contribution in [0.1, 0.15) is 174 Å². The summed E-state index contributed by atoms with van der Waals surface area (Å²) in [4.78, 5) is 136. The van der Waals surface area contributed by atoms with Crippen molar-refractivity contribution in [2.45, 2.75) is 213 Å². The van der Waals surface area contributed by atoms with Crippen LogP contribution in [0.4, 0.5) is 10.5 Å². The summed E-state index contributed by atoms with van der Waals surface area (Å²) in [7, 11) is 6.23. The number of likely N-dealkylation sites (N-methyl/N-ethyl adjacent to an activating group) is 2. The van der Waals surface area contributed by atoms with Gasteiger partial charge in [0.25, 0.3) is 0 Å². The highest BCUT2D eigenvalue weighted by Gasteiger charge is 2.44. The van der Waals surface area contributed by atoms with E-state index >= 15 is 0 Å². The van der Waals surface area contributed by atoms with Crippen LogP contribution < -0.4 is 21.7 Å². The normalized spacial score (nSPS) is 15.7. The second-order valence-corrected chi connectivity index (χ2v) is 28.9. The number of rotatable bonds is 48. The molecule has 0 radical (unpaired) electrons. The van der Waals surface area contributed by atoms with E-state index in [2.05, 4.69) is 48.1 Å². The molecule has 2 aromatic carbocycles. The Balaban J connectivity index is 1.04. The number of benzene rings is 2. The molecule has 0 unspecified atom stereocenters. The number of carbonyl (C=O) groups is 9. The molecule has 27 nitrogen and oxygen atoms in total. The molecule has 1 aliphatic heterocycles. The number of unbranched alkanes of at least 4 members (excludes halogenated alkanes) is 2. The van der Waals surface area contributed by atoms with Gasteiger partial charge < -0.3 is 65.2 Å². The lowest BCUT2D eigenvalue weighted by Gasteiger charge is -2.41. The van der Waals surface area contributed by atoms with Crippen molar-refractivity contribution >= 4 is 70.4 Å². The number of Topliss-reactive ketones (excluding diaryl/α,β-unsaturated/α-hetero) is 3. The van der Waals surface area contributed by atoms with Crippen molar-refractivity contribution in [3.05, 3.63) is 95.6 Å². The van der Waals surface area contributed by atoms with Gasteiger partial charge in [-0.25, -0.2) is 19.4 Å². The number of amides is 6. The van der Waals surface area contributed by atoms with E-state index in [4.69, 9.17) is 29.4 Å². The van der Waals surface area contributed by atoms with Gasteiger partial charge in [0.15, 0.2) is 22.5 Å². The van der Waals surface area contributed by atoms with E-state index in [0.717, 1.165) is 5.56 Å². The molecule has 0 aliphatic carbocycles. The zero-order valence-corrected chi connectivity index (χ0v) is 65.2. The molecule has 0 spiro atoms. The minimum absolute atomic E-state index is 0.0619. The van der Waals surface area contributed by atoms with Gasteiger partial charge in [-0.3, -0.25) is 38.4 Å². The summed E-state index contributed by atoms with van der Waals surface area (Å²) in [6.07, 6.45) is 9.28. The maximum atomic E-state index is 14.9. The number of methoxy groups -OCH3 is 2. The molecule has 4 aromatic rings. The first-order valence-electron chi connectivity index (χ1n) is 37.1. The first kappa shape index (κ1) is 88.6. The van der Waals surface area contributed by atoms with Gasteiger partial charge in [-0.1, -0.05) is 133 Å². The summed E-state index contributed by atoms with van der Waals surface area (Å²) in [6, 6.07) is 13.2. The third-order valence-corrected chi connectivity index (χ3v) is 20.0. The molecule has 106 heavy (non-hydrogen) atoms. The lowest BCUT2D eigenvalue weighted by atomic mass is 9.83. The van der Waals surface area contributed by atoms with E-state index in [-0.39, 0.29) is 117 Å². The number of anilines is 1. The summed E-state index contributed by atoms with van der Waals surface area (Å²) in [6.45, 7) is 16.3. The monoisotopic (exact) mass is 1490 g/mol. The number of ketones is 3. The Morgan fingerprint density at radius 3 is 2.16 bits per heavy atom. The maximum Gasteiger partial charge on any atom is 0.410 e. The van der Waals surface area contributed by atoms with Gasteiger partial charge in [-0.2, -0.15) is 0 Å². The Bertz CT molecular complexity index is 3460. The fourth-order valence-electron chi connectivity index (χ4n) is 13.2. The first-order chi connectivity index (χ1) is 50.7. The summed E-state index contributed by atoms with van der Waals surface area (Å²) < 4.78 is 30.6. The number of nitrogens with zero attached hydrogens (tertiary/aromatic N) is 8. The third kappa shape index (κ3) is 28.9. The van der Waals surface area contributed by atoms with Gasteiger partial charge in [0.1, 0.15) is 25.5 Å². The van der Waals surface area contributed by atoms with Crippen LogP contribution in [0.25, 0.3) is 0 Å². The van der Waals surface area contributed by atoms with Gasteiger partial charge in [0.2, 0.25) is 29.5 Å². The standard InChI is InChI=1S/C78H116N12O15S/c1-14-53(6)71(67(101-11)43-69(95)90-37-23-30-65(90)73(102-12)54(7)74(97)83-55(8)72(96)58-26-18-16-19-27-58)87(9)76(99)64(51(2)3)42-66(93)70(52(4)5)88(10)78(100)105-48-56-32-34-60(35-33-56)84-75(98)59(28-21-22-36-79)41-63(92)50-104-49-62(91)29-24-39-103-40-38-89-47-61(85-86-89)46-80-68(94)31-20-15-17-25-57-44-81-77(106-13)82-45-57/h16,18-19,26-27,32-35,44-45,47,51-55,59,64-65,67,70-73,96H,14-15,20-24,28-31,36-43,46,48-50,79H2,1-13H3,(H,80,94)(H,83,97)(H,84,98)/t53-,54+,55+,59+,64-,65-,67+,70-,71-,72-,73+/m0/s1. The second-order valence-electron chi connectivity index (χ2n) is 28.1. The fraction of sp³-hybridized carbons (Fsp3) is 0.628. The Morgan fingerprint density at radius 1 is 0.802 bits per heavy atom. The minimum Gasteiger partial charge on any atom is -0.445 e. The smallest absolute Gasteiger partial charge is 0.410 e. The molecule has 584 valence electrons. The van der Waals surface area contributed by atoms with E-state index in [0.29, 0.717) is 125 Å². The number of nitrogens with one attached hydrogen (secondary N) is 3. The third-order valence-electron chi connectivity index (χ3n) is 19.4. The number of hydrogen-bond donors (Lipinski definition) is 5. The Hall–Kier alpha value is -8.04. The molecule has 1 fully saturated rings. The van der Waals surface area contributed by atoms with Crippen LogP contribution >= 0.6 is 11.8 Å². The Kier molecular flexibility index (Phi) is 39.2. The molecule has 28 heteroatoms. The molecule has 3 heterocycles. The number of nitrogens with two attached hydrogens (primary N) is 1. The molecule has 1 saturated heterocycles. The largest absolute Gasteiger partial charge is 0.445 e. The van der Waals surface area contributed by atoms with Gasteiger partial charge >= 0.3 is 6.09 Å². The second kappa shape index (κ2) is 46.9. The molecule has 0 saturated carbocycles. The summed E-state index contributed by atoms with van der Waals surface area (Å²) in [5.74, 6) is 0.914. The Labute approximate surface area is 630 Å². The maximum absolute atomic E-state index is 14.9. The Morgan fingerprint density at radius 2 is 1.51 bits per heavy atom. The minimum atomic E-state index is -0.951. The van der Waals surface area contributed by atoms with Crippen LogP contribution in [0.3, 0.4) is 0 Å². The van der Waals surface area contributed by atoms with Crippen LogP contribution in [-0.2, 0) is 81.7 Å². The van der Waals surface area contributed by atoms with Gasteiger partial charge in [0, 0.05) is 103 Å². The van der Waals surface area contributed by atoms with Crippen LogP contribution in [0, 0.1) is 47.3 Å². The van der Waals surface area contributed by atoms with Crippen molar-refractivity contribution in [1.82, 2.24) is 50.3 Å². The highest BCUT2D eigenvalue weighted by Crippen LogP contribution is 2.32. The predicted octanol–water partition coefficient (Wildman–Crippen LogP) is 8.34. The van der Waals surface area contributed by atoms with Crippen molar-refractivity contribution in [1.29, 1.82) is 0 Å². The van der Waals surface area contributed by atoms with Crippen molar-refractivity contribution in [2.75, 3.05) is 79.4 Å². The van der Waals surface area contributed by atoms with E-state index in [9.17, 15) is 48.3 Å². The van der Waals surface area contributed by atoms with Crippen LogP contribution in [0.15, 0.2) is 78.3 Å². The molecule has 11 atom stereocenters. The number of thioether (sulfide) groups is 1. The fourth-order valence-corrected chi connectivity index (χ4v) is 13.5. The molecule has 5 rings (SSSR count). The SMILES string of the molecule is CC[C@H](C)[C@@H]([C@@H](CC(=O)N1CCC[C@H]1[C@H](OC)[C@@H](C)C(=O)N[C@H](C)[C@H](O)c1ccccc1)OC)N(C)C(=O)[C@@H](CC(=O)[C@H](C(C)C)N(C)C(=O)OCc1ccc(NC(=O)[C@H](CCCCN)CC(=O)COCC(=O)CCCOCCn2cc(CNC(=O)CCCC#Cc3cnc(SC)nc3)nn2)cc1)C(C)C. The van der Waals surface area contributed by atoms with Crippen LogP contribution in [-0.4, -0.2) is 208 Å². The van der Waals surface area contributed by atoms with Gasteiger partial charge in [-0.15, -0.1) is 5.10 Å². The van der Waals surface area contributed by atoms with Gasteiger partial charge in [-0.05, 0) is 99.3 Å². The quantitative estimate of drug-likeness (QED) is 0.0120. The van der Waals surface area contributed by atoms with Crippen molar-refractivity contribution in [2.24, 2.45) is 41.2 Å². The number of aliphatic hydroxyl groups is 1. The lowest BCUT2D eigenvalue weighted by Crippen LogP contribution is -2.55. The van der Waals surface area contributed by atoms with E-state index in [1.54, 1.807) is 90.4 Å². The highest BCUT2D eigenvalue weighted by molar-refractivity contribution is 7.98. The predicted molar refractivity (Wildman–Crippen MR) is 403 cm³/mol. The summed E-state index contributed by atoms with van der Waals surface area (Å²) in [5.41, 5.74) is 8.80. The average Bonchev–Trinajstić information content (AvgIpc) is 1.38. The zero-order chi connectivity index (χ0) is 77.8. The van der Waals surface area contributed by atoms with Crippen molar-refractivity contribution < 1.29 is 71.9 Å². The van der Waals surface area contributed by atoms with Crippen LogP contribution in [0.5, 0.6) is 0 Å². The number of aromatic nitrogens is 5. The number of hydrogen-bond acceptors (Lipinski definition) is 21. The van der Waals surface area contributed by atoms with E-state index in [1.165, 1.54) is 37.9 Å². The van der Waals surface area contributed by atoms with E-state index < -0.39 is 66.3 Å². The number of aliphatic hydroxyl groups excluding tert-OH is 1. The molecule has 2 aromatic heterocycles. The lowest BCUT2D eigenvalue weighted by molar-refractivity contribution is -0.149. The summed E-state index contributed by atoms with van der Waals surface area (Å²) in [5, 5.41) is 28.5. The van der Waals surface area contributed by atoms with E-state index in [1.807, 2.05) is 66.0 Å². The molecule has 1 aliphatic rings.